The van der Waals surface area contributed by atoms with Gasteiger partial charge in [0, 0.05) is 13.1 Å². The molecule has 102 valence electrons. The third kappa shape index (κ3) is 2.61. The molecular weight excluding hydrogens is 244 g/mol. The second-order valence-corrected chi connectivity index (χ2v) is 4.80. The molecule has 3 N–H and O–H groups in total. The zero-order valence-corrected chi connectivity index (χ0v) is 10.9. The Balaban J connectivity index is 2.28. The molecule has 1 heterocycles. The van der Waals surface area contributed by atoms with Crippen LogP contribution in [0, 0.1) is 0 Å². The number of carboxylic acid groups (broad SMARTS) is 1. The quantitative estimate of drug-likeness (QED) is 0.848. The van der Waals surface area contributed by atoms with Crippen LogP contribution in [0.25, 0.3) is 0 Å². The summed E-state index contributed by atoms with van der Waals surface area (Å²) in [4.78, 5) is 24.6. The van der Waals surface area contributed by atoms with Gasteiger partial charge in [0.05, 0.1) is 11.6 Å². The number of carbonyl (C=O) groups excluding carboxylic acids is 1. The normalized spacial score (nSPS) is 16.7. The van der Waals surface area contributed by atoms with Crippen LogP contribution in [-0.4, -0.2) is 34.5 Å². The fourth-order valence-corrected chi connectivity index (χ4v) is 2.74. The van der Waals surface area contributed by atoms with Crippen LogP contribution in [-0.2, 0) is 17.8 Å². The van der Waals surface area contributed by atoms with Crippen molar-refractivity contribution in [1.82, 2.24) is 4.90 Å². The zero-order valence-electron chi connectivity index (χ0n) is 10.9. The van der Waals surface area contributed by atoms with Gasteiger partial charge in [-0.2, -0.15) is 0 Å². The molecule has 1 aliphatic heterocycles. The van der Waals surface area contributed by atoms with E-state index in [1.54, 1.807) is 12.1 Å². The van der Waals surface area contributed by atoms with Gasteiger partial charge in [0.1, 0.15) is 0 Å². The maximum atomic E-state index is 11.4. The number of rotatable bonds is 4. The number of carboxylic acids is 1. The number of carbonyl (C=O) groups is 2. The predicted molar refractivity (Wildman–Crippen MR) is 70.8 cm³/mol. The number of fused-ring (bicyclic) bond motifs is 1. The lowest BCUT2D eigenvalue weighted by Gasteiger charge is -2.33. The molecule has 1 aromatic rings. The second kappa shape index (κ2) is 5.40. The Morgan fingerprint density at radius 1 is 1.47 bits per heavy atom. The smallest absolute Gasteiger partial charge is 0.335 e. The topological polar surface area (TPSA) is 83.6 Å². The number of aromatic carboxylic acids is 1. The Kier molecular flexibility index (Phi) is 3.85. The van der Waals surface area contributed by atoms with Gasteiger partial charge in [-0.15, -0.1) is 0 Å². The fourth-order valence-electron chi connectivity index (χ4n) is 2.74. The minimum absolute atomic E-state index is 0.276. The molecule has 2 rings (SSSR count). The Morgan fingerprint density at radius 2 is 2.21 bits per heavy atom. The Bertz CT molecular complexity index is 513. The van der Waals surface area contributed by atoms with Crippen LogP contribution in [0.4, 0.5) is 0 Å². The number of primary amides is 1. The van der Waals surface area contributed by atoms with Crippen LogP contribution in [0.3, 0.4) is 0 Å². The van der Waals surface area contributed by atoms with Crippen molar-refractivity contribution < 1.29 is 14.7 Å². The Labute approximate surface area is 112 Å². The number of nitrogens with two attached hydrogens (primary N) is 1. The molecule has 0 bridgehead atoms. The van der Waals surface area contributed by atoms with Crippen molar-refractivity contribution in [3.63, 3.8) is 0 Å². The van der Waals surface area contributed by atoms with Gasteiger partial charge in [0.2, 0.25) is 5.91 Å². The molecule has 1 atom stereocenters. The molecule has 0 fully saturated rings. The van der Waals surface area contributed by atoms with E-state index in [-0.39, 0.29) is 11.9 Å². The van der Waals surface area contributed by atoms with Crippen molar-refractivity contribution in [2.24, 2.45) is 5.73 Å². The van der Waals surface area contributed by atoms with Gasteiger partial charge >= 0.3 is 5.97 Å². The first kappa shape index (κ1) is 13.5. The number of benzene rings is 1. The molecule has 1 aromatic carbocycles. The third-order valence-electron chi connectivity index (χ3n) is 3.68. The van der Waals surface area contributed by atoms with Gasteiger partial charge in [0.25, 0.3) is 0 Å². The maximum Gasteiger partial charge on any atom is 0.335 e. The first-order valence-corrected chi connectivity index (χ1v) is 6.42. The van der Waals surface area contributed by atoms with Crippen molar-refractivity contribution in [2.75, 3.05) is 6.54 Å². The summed E-state index contributed by atoms with van der Waals surface area (Å²) in [6.45, 7) is 3.18. The van der Waals surface area contributed by atoms with Crippen LogP contribution in [0.5, 0.6) is 0 Å². The minimum Gasteiger partial charge on any atom is -0.478 e. The number of nitrogens with zero attached hydrogens (tertiary/aromatic N) is 1. The van der Waals surface area contributed by atoms with Crippen LogP contribution in [0.2, 0.25) is 0 Å². The van der Waals surface area contributed by atoms with Crippen molar-refractivity contribution in [2.45, 2.75) is 32.4 Å². The summed E-state index contributed by atoms with van der Waals surface area (Å²) in [6, 6.07) is 5.02. The molecule has 1 amide bonds. The SMILES string of the molecule is CCC(C(N)=O)N1CCc2c(cccc2C(=O)O)C1. The molecule has 0 aromatic heterocycles. The monoisotopic (exact) mass is 262 g/mol. The highest BCUT2D eigenvalue weighted by atomic mass is 16.4. The van der Waals surface area contributed by atoms with E-state index in [2.05, 4.69) is 0 Å². The predicted octanol–water partition coefficient (Wildman–Crippen LogP) is 1.01. The first-order valence-electron chi connectivity index (χ1n) is 6.42. The zero-order chi connectivity index (χ0) is 14.0. The van der Waals surface area contributed by atoms with Crippen molar-refractivity contribution in [1.29, 1.82) is 0 Å². The van der Waals surface area contributed by atoms with Crippen LogP contribution in [0.15, 0.2) is 18.2 Å². The molecule has 0 aliphatic carbocycles. The van der Waals surface area contributed by atoms with Gasteiger partial charge in [0.15, 0.2) is 0 Å². The number of hydrogen-bond acceptors (Lipinski definition) is 3. The van der Waals surface area contributed by atoms with Gasteiger partial charge in [-0.05, 0) is 30.0 Å². The molecule has 1 aliphatic rings. The molecule has 5 nitrogen and oxygen atoms in total. The van der Waals surface area contributed by atoms with E-state index < -0.39 is 5.97 Å². The highest BCUT2D eigenvalue weighted by molar-refractivity contribution is 5.90. The van der Waals surface area contributed by atoms with E-state index in [0.29, 0.717) is 31.5 Å². The molecule has 1 unspecified atom stereocenters. The first-order chi connectivity index (χ1) is 9.04. The summed E-state index contributed by atoms with van der Waals surface area (Å²) in [7, 11) is 0. The standard InChI is InChI=1S/C14H18N2O3/c1-2-12(13(15)17)16-7-6-10-9(8-16)4-3-5-11(10)14(18)19/h3-5,12H,2,6-8H2,1H3,(H2,15,17)(H,18,19). The molecule has 0 spiro atoms. The average Bonchev–Trinajstić information content (AvgIpc) is 2.38. The van der Waals surface area contributed by atoms with Crippen molar-refractivity contribution in [3.05, 3.63) is 34.9 Å². The minimum atomic E-state index is -0.896. The summed E-state index contributed by atoms with van der Waals surface area (Å²) >= 11 is 0. The van der Waals surface area contributed by atoms with Crippen LogP contribution >= 0.6 is 0 Å². The van der Waals surface area contributed by atoms with E-state index >= 15 is 0 Å². The van der Waals surface area contributed by atoms with Gasteiger partial charge in [-0.25, -0.2) is 4.79 Å². The largest absolute Gasteiger partial charge is 0.478 e. The van der Waals surface area contributed by atoms with Crippen molar-refractivity contribution in [3.8, 4) is 0 Å². The molecule has 5 heteroatoms. The summed E-state index contributed by atoms with van der Waals surface area (Å²) in [5.74, 6) is -1.22. The van der Waals surface area contributed by atoms with E-state index in [1.807, 2.05) is 17.9 Å². The lowest BCUT2D eigenvalue weighted by atomic mass is 9.93. The van der Waals surface area contributed by atoms with Crippen molar-refractivity contribution >= 4 is 11.9 Å². The van der Waals surface area contributed by atoms with Gasteiger partial charge in [-0.3, -0.25) is 9.69 Å². The second-order valence-electron chi connectivity index (χ2n) is 4.80. The maximum absolute atomic E-state index is 11.4. The van der Waals surface area contributed by atoms with Crippen LogP contribution in [0.1, 0.15) is 34.8 Å². The summed E-state index contributed by atoms with van der Waals surface area (Å²) in [6.07, 6.45) is 1.31. The van der Waals surface area contributed by atoms with E-state index in [9.17, 15) is 9.59 Å². The van der Waals surface area contributed by atoms with Gasteiger partial charge in [-0.1, -0.05) is 19.1 Å². The van der Waals surface area contributed by atoms with Gasteiger partial charge < -0.3 is 10.8 Å². The highest BCUT2D eigenvalue weighted by Gasteiger charge is 2.27. The van der Waals surface area contributed by atoms with E-state index in [4.69, 9.17) is 10.8 Å². The molecule has 19 heavy (non-hydrogen) atoms. The number of amides is 1. The molecule has 0 saturated heterocycles. The molecule has 0 radical (unpaired) electrons. The lowest BCUT2D eigenvalue weighted by Crippen LogP contribution is -2.46. The average molecular weight is 262 g/mol. The number of hydrogen-bond donors (Lipinski definition) is 2. The third-order valence-corrected chi connectivity index (χ3v) is 3.68. The Hall–Kier alpha value is -1.88. The lowest BCUT2D eigenvalue weighted by molar-refractivity contribution is -0.123. The van der Waals surface area contributed by atoms with E-state index in [1.165, 1.54) is 0 Å². The summed E-state index contributed by atoms with van der Waals surface area (Å²) in [5.41, 5.74) is 7.62. The fraction of sp³-hybridized carbons (Fsp3) is 0.429. The molecule has 0 saturated carbocycles. The summed E-state index contributed by atoms with van der Waals surface area (Å²) < 4.78 is 0. The molecular formula is C14H18N2O3. The summed E-state index contributed by atoms with van der Waals surface area (Å²) in [5, 5.41) is 9.16. The highest BCUT2D eigenvalue weighted by Crippen LogP contribution is 2.24. The van der Waals surface area contributed by atoms with E-state index in [0.717, 1.165) is 11.1 Å². The van der Waals surface area contributed by atoms with Crippen LogP contribution < -0.4 is 5.73 Å². The Morgan fingerprint density at radius 3 is 2.79 bits per heavy atom.